The lowest BCUT2D eigenvalue weighted by atomic mass is 10.0. The maximum atomic E-state index is 14.4. The van der Waals surface area contributed by atoms with Crippen LogP contribution in [0.3, 0.4) is 0 Å². The van der Waals surface area contributed by atoms with Gasteiger partial charge in [0.15, 0.2) is 0 Å². The van der Waals surface area contributed by atoms with Crippen LogP contribution < -0.4 is 10.6 Å². The molecule has 1 fully saturated rings. The normalized spacial score (nSPS) is 16.2. The third-order valence-corrected chi connectivity index (χ3v) is 6.07. The van der Waals surface area contributed by atoms with Crippen molar-refractivity contribution >= 4 is 18.0 Å². The number of carbonyl (C=O) groups is 2. The molecule has 0 bridgehead atoms. The summed E-state index contributed by atoms with van der Waals surface area (Å²) in [6.45, 7) is 6.29. The average molecular weight is 525 g/mol. The molecule has 3 heterocycles. The summed E-state index contributed by atoms with van der Waals surface area (Å²) in [5, 5.41) is 9.83. The minimum atomic E-state index is -0.701. The molecule has 1 unspecified atom stereocenters. The van der Waals surface area contributed by atoms with E-state index in [0.717, 1.165) is 12.8 Å². The smallest absolute Gasteiger partial charge is 0.407 e. The number of hydrogen-bond acceptors (Lipinski definition) is 8. The fourth-order valence-electron chi connectivity index (χ4n) is 4.38. The molecule has 0 saturated carbocycles. The SMILES string of the molecule is CC(C)(C)OC(=O)N[C@@H](CC(=O)N1CCCC1CNc1nc(-c2ccccn2)no1)Cc1ccccc1F. The molecule has 4 rings (SSSR count). The van der Waals surface area contributed by atoms with Gasteiger partial charge in [0, 0.05) is 37.8 Å². The van der Waals surface area contributed by atoms with Gasteiger partial charge in [-0.2, -0.15) is 4.98 Å². The van der Waals surface area contributed by atoms with Gasteiger partial charge in [0.05, 0.1) is 0 Å². The lowest BCUT2D eigenvalue weighted by Gasteiger charge is -2.28. The van der Waals surface area contributed by atoms with Crippen molar-refractivity contribution in [3.63, 3.8) is 0 Å². The number of carbonyl (C=O) groups excluding carboxylic acids is 2. The summed E-state index contributed by atoms with van der Waals surface area (Å²) in [5.74, 6) is -0.146. The number of benzene rings is 1. The highest BCUT2D eigenvalue weighted by atomic mass is 19.1. The molecule has 0 radical (unpaired) electrons. The second-order valence-corrected chi connectivity index (χ2v) is 10.2. The molecule has 1 aliphatic heterocycles. The molecule has 3 aromatic rings. The minimum Gasteiger partial charge on any atom is -0.444 e. The van der Waals surface area contributed by atoms with Crippen molar-refractivity contribution in [1.82, 2.24) is 25.3 Å². The Morgan fingerprint density at radius 2 is 2.00 bits per heavy atom. The second-order valence-electron chi connectivity index (χ2n) is 10.2. The van der Waals surface area contributed by atoms with E-state index in [0.29, 0.717) is 30.2 Å². The Bertz CT molecular complexity index is 1230. The maximum absolute atomic E-state index is 14.4. The van der Waals surface area contributed by atoms with Crippen molar-refractivity contribution in [2.45, 2.75) is 64.1 Å². The summed E-state index contributed by atoms with van der Waals surface area (Å²) < 4.78 is 25.0. The van der Waals surface area contributed by atoms with E-state index in [1.165, 1.54) is 6.07 Å². The number of anilines is 1. The van der Waals surface area contributed by atoms with E-state index in [4.69, 9.17) is 9.26 Å². The average Bonchev–Trinajstić information content (AvgIpc) is 3.53. The zero-order chi connectivity index (χ0) is 27.1. The van der Waals surface area contributed by atoms with E-state index < -0.39 is 17.7 Å². The standard InChI is InChI=1S/C27H33FN6O4/c1-27(2,3)37-26(36)31-19(15-18-9-4-5-11-21(18)28)16-23(35)34-14-8-10-20(34)17-30-25-32-24(33-38-25)22-12-6-7-13-29-22/h4-7,9,11-13,19-20H,8,10,14-17H2,1-3H3,(H,31,36)(H,30,32,33)/t19-,20?/m1/s1. The number of amides is 2. The molecule has 1 aromatic carbocycles. The molecule has 2 aromatic heterocycles. The Kier molecular flexibility index (Phi) is 8.55. The fourth-order valence-corrected chi connectivity index (χ4v) is 4.38. The Labute approximate surface area is 221 Å². The number of likely N-dealkylation sites (tertiary alicyclic amines) is 1. The molecule has 10 nitrogen and oxygen atoms in total. The van der Waals surface area contributed by atoms with Crippen LogP contribution >= 0.6 is 0 Å². The Balaban J connectivity index is 1.38. The highest BCUT2D eigenvalue weighted by Crippen LogP contribution is 2.22. The number of hydrogen-bond donors (Lipinski definition) is 2. The Hall–Kier alpha value is -4.02. The summed E-state index contributed by atoms with van der Waals surface area (Å²) >= 11 is 0. The van der Waals surface area contributed by atoms with Gasteiger partial charge in [-0.25, -0.2) is 9.18 Å². The van der Waals surface area contributed by atoms with Crippen LogP contribution in [0.15, 0.2) is 53.2 Å². The second kappa shape index (κ2) is 12.0. The molecule has 11 heteroatoms. The quantitative estimate of drug-likeness (QED) is 0.427. The first-order chi connectivity index (χ1) is 18.2. The van der Waals surface area contributed by atoms with Crippen molar-refractivity contribution in [1.29, 1.82) is 0 Å². The molecule has 2 amide bonds. The van der Waals surface area contributed by atoms with E-state index in [1.807, 2.05) is 6.07 Å². The number of alkyl carbamates (subject to hydrolysis) is 1. The Morgan fingerprint density at radius 1 is 1.21 bits per heavy atom. The number of halogens is 1. The molecule has 2 N–H and O–H groups in total. The lowest BCUT2D eigenvalue weighted by Crippen LogP contribution is -2.46. The number of nitrogens with one attached hydrogen (secondary N) is 2. The molecule has 2 atom stereocenters. The van der Waals surface area contributed by atoms with Crippen molar-refractivity contribution in [3.05, 3.63) is 60.0 Å². The topological polar surface area (TPSA) is 122 Å². The third-order valence-electron chi connectivity index (χ3n) is 6.07. The predicted molar refractivity (Wildman–Crippen MR) is 139 cm³/mol. The highest BCUT2D eigenvalue weighted by Gasteiger charge is 2.31. The molecule has 1 saturated heterocycles. The molecule has 38 heavy (non-hydrogen) atoms. The summed E-state index contributed by atoms with van der Waals surface area (Å²) in [5.41, 5.74) is 0.314. The van der Waals surface area contributed by atoms with Crippen LogP contribution in [0.4, 0.5) is 15.2 Å². The van der Waals surface area contributed by atoms with Crippen LogP contribution in [-0.2, 0) is 16.0 Å². The predicted octanol–water partition coefficient (Wildman–Crippen LogP) is 4.20. The summed E-state index contributed by atoms with van der Waals surface area (Å²) in [6.07, 6.45) is 2.82. The van der Waals surface area contributed by atoms with Gasteiger partial charge in [0.25, 0.3) is 0 Å². The summed E-state index contributed by atoms with van der Waals surface area (Å²) in [6, 6.07) is 11.3. The van der Waals surface area contributed by atoms with Crippen molar-refractivity contribution in [3.8, 4) is 11.5 Å². The van der Waals surface area contributed by atoms with E-state index in [2.05, 4.69) is 25.8 Å². The molecule has 1 aliphatic rings. The van der Waals surface area contributed by atoms with E-state index in [1.54, 1.807) is 62.2 Å². The van der Waals surface area contributed by atoms with Gasteiger partial charge in [-0.1, -0.05) is 29.4 Å². The number of nitrogens with zero attached hydrogens (tertiary/aromatic N) is 4. The Morgan fingerprint density at radius 3 is 2.74 bits per heavy atom. The van der Waals surface area contributed by atoms with Gasteiger partial charge in [0.2, 0.25) is 11.7 Å². The molecule has 0 spiro atoms. The monoisotopic (exact) mass is 524 g/mol. The molecular weight excluding hydrogens is 491 g/mol. The number of aromatic nitrogens is 3. The first-order valence-electron chi connectivity index (χ1n) is 12.7. The molecule has 202 valence electrons. The van der Waals surface area contributed by atoms with Crippen LogP contribution in [0.1, 0.15) is 45.6 Å². The van der Waals surface area contributed by atoms with Gasteiger partial charge < -0.3 is 24.8 Å². The number of pyridine rings is 1. The van der Waals surface area contributed by atoms with Crippen molar-refractivity contribution in [2.75, 3.05) is 18.4 Å². The van der Waals surface area contributed by atoms with Gasteiger partial charge in [-0.05, 0) is 63.8 Å². The van der Waals surface area contributed by atoms with E-state index >= 15 is 0 Å². The van der Waals surface area contributed by atoms with Gasteiger partial charge in [-0.3, -0.25) is 9.78 Å². The first kappa shape index (κ1) is 27.0. The van der Waals surface area contributed by atoms with Crippen LogP contribution in [0.5, 0.6) is 0 Å². The van der Waals surface area contributed by atoms with Gasteiger partial charge in [0.1, 0.15) is 17.1 Å². The fraction of sp³-hybridized carbons (Fsp3) is 0.444. The lowest BCUT2D eigenvalue weighted by molar-refractivity contribution is -0.132. The van der Waals surface area contributed by atoms with Crippen LogP contribution in [-0.4, -0.2) is 62.8 Å². The zero-order valence-corrected chi connectivity index (χ0v) is 21.8. The third kappa shape index (κ3) is 7.50. The zero-order valence-electron chi connectivity index (χ0n) is 21.8. The van der Waals surface area contributed by atoms with Gasteiger partial charge >= 0.3 is 12.1 Å². The van der Waals surface area contributed by atoms with Gasteiger partial charge in [-0.15, -0.1) is 0 Å². The minimum absolute atomic E-state index is 0.00839. The van der Waals surface area contributed by atoms with Crippen LogP contribution in [0.2, 0.25) is 0 Å². The summed E-state index contributed by atoms with van der Waals surface area (Å²) in [7, 11) is 0. The largest absolute Gasteiger partial charge is 0.444 e. The van der Waals surface area contributed by atoms with Crippen molar-refractivity contribution in [2.24, 2.45) is 0 Å². The van der Waals surface area contributed by atoms with E-state index in [9.17, 15) is 14.0 Å². The highest BCUT2D eigenvalue weighted by molar-refractivity contribution is 5.78. The molecule has 0 aliphatic carbocycles. The van der Waals surface area contributed by atoms with Crippen LogP contribution in [0, 0.1) is 5.82 Å². The first-order valence-corrected chi connectivity index (χ1v) is 12.7. The van der Waals surface area contributed by atoms with Crippen LogP contribution in [0.25, 0.3) is 11.5 Å². The maximum Gasteiger partial charge on any atom is 0.407 e. The number of ether oxygens (including phenoxy) is 1. The summed E-state index contributed by atoms with van der Waals surface area (Å²) in [4.78, 5) is 36.2. The van der Waals surface area contributed by atoms with E-state index in [-0.39, 0.29) is 36.6 Å². The number of rotatable bonds is 9. The molecular formula is C27H33FN6O4. The van der Waals surface area contributed by atoms with Crippen molar-refractivity contribution < 1.29 is 23.2 Å².